The highest BCUT2D eigenvalue weighted by Crippen LogP contribution is 2.27. The Morgan fingerprint density at radius 1 is 0.573 bits per heavy atom. The van der Waals surface area contributed by atoms with Crippen molar-refractivity contribution in [2.75, 3.05) is 49.9 Å². The summed E-state index contributed by atoms with van der Waals surface area (Å²) in [5, 5.41) is 43.8. The second-order valence-corrected chi connectivity index (χ2v) is 15.2. The number of anilines is 2. The Balaban J connectivity index is 0.000000381. The Hall–Kier alpha value is -9.18. The lowest BCUT2D eigenvalue weighted by atomic mass is 10.0. The number of carboxylic acid groups (broad SMARTS) is 5. The summed E-state index contributed by atoms with van der Waals surface area (Å²) in [6.45, 7) is 1.60. The van der Waals surface area contributed by atoms with Crippen LogP contribution < -0.4 is 15.1 Å². The summed E-state index contributed by atoms with van der Waals surface area (Å²) < 4.78 is 20.3. The number of hydrogen-bond acceptors (Lipinski definition) is 11. The van der Waals surface area contributed by atoms with Gasteiger partial charge >= 0.3 is 31.3 Å². The summed E-state index contributed by atoms with van der Waals surface area (Å²) in [5.41, 5.74) is 6.75. The molecule has 0 aromatic heterocycles. The normalized spacial score (nSPS) is 10.9. The van der Waals surface area contributed by atoms with Gasteiger partial charge in [-0.15, -0.1) is 12.8 Å². The van der Waals surface area contributed by atoms with Gasteiger partial charge in [0.15, 0.2) is 0 Å². The second-order valence-electron chi connectivity index (χ2n) is 15.2. The van der Waals surface area contributed by atoms with Crippen molar-refractivity contribution in [1.82, 2.24) is 5.32 Å². The maximum Gasteiger partial charge on any atom is 0.406 e. The van der Waals surface area contributed by atoms with Crippen LogP contribution in [-0.2, 0) is 60.8 Å². The Morgan fingerprint density at radius 3 is 1.41 bits per heavy atom. The highest BCUT2D eigenvalue weighted by Gasteiger charge is 2.23. The van der Waals surface area contributed by atoms with Crippen LogP contribution in [-0.4, -0.2) is 122 Å². The molecule has 0 spiro atoms. The molecule has 0 aliphatic carbocycles. The molecule has 0 atom stereocenters. The molecule has 2 aliphatic rings. The minimum Gasteiger partial charge on any atom is -0.487 e. The molecule has 2 heterocycles. The monoisotopic (exact) mass is 1030 g/mol. The average Bonchev–Trinajstić information content (AvgIpc) is 3.38. The minimum atomic E-state index is -1.43. The number of aliphatic carboxylic acids is 4. The predicted octanol–water partition coefficient (Wildman–Crippen LogP) is 4.99. The summed E-state index contributed by atoms with van der Waals surface area (Å²) in [6.07, 6.45) is 9.22. The number of carbonyl (C=O) groups is 8. The van der Waals surface area contributed by atoms with Crippen molar-refractivity contribution in [2.45, 2.75) is 58.0 Å². The number of terminal acetylenes is 2. The summed E-state index contributed by atoms with van der Waals surface area (Å²) in [5.74, 6) is 11.2. The zero-order valence-corrected chi connectivity index (χ0v) is 41.0. The molecule has 6 rings (SSSR count). The number of para-hydroxylation sites is 2. The van der Waals surface area contributed by atoms with Gasteiger partial charge in [0.1, 0.15) is 13.0 Å². The van der Waals surface area contributed by atoms with Crippen molar-refractivity contribution in [1.29, 1.82) is 1.34 Å². The zero-order chi connectivity index (χ0) is 56.3. The van der Waals surface area contributed by atoms with Crippen molar-refractivity contribution in [3.05, 3.63) is 130 Å². The van der Waals surface area contributed by atoms with E-state index >= 15 is 0 Å². The first-order valence-electron chi connectivity index (χ1n) is 23.3. The van der Waals surface area contributed by atoms with E-state index in [2.05, 4.69) is 50.7 Å². The molecule has 0 saturated carbocycles. The van der Waals surface area contributed by atoms with E-state index in [9.17, 15) is 38.4 Å². The number of ether oxygens (including phenoxy) is 2. The highest BCUT2D eigenvalue weighted by molar-refractivity contribution is 6.66. The van der Waals surface area contributed by atoms with E-state index in [1.54, 1.807) is 9.80 Å². The smallest absolute Gasteiger partial charge is 0.406 e. The van der Waals surface area contributed by atoms with E-state index in [0.29, 0.717) is 13.1 Å². The Labute approximate surface area is 436 Å². The molecule has 0 bridgehead atoms. The van der Waals surface area contributed by atoms with Gasteiger partial charge in [-0.3, -0.25) is 38.4 Å². The molecule has 20 heteroatoms. The van der Waals surface area contributed by atoms with E-state index in [1.807, 2.05) is 103 Å². The van der Waals surface area contributed by atoms with Gasteiger partial charge in [0.25, 0.3) is 5.87 Å². The van der Waals surface area contributed by atoms with Gasteiger partial charge in [0.05, 0.1) is 63.5 Å². The van der Waals surface area contributed by atoms with Crippen LogP contribution in [0.4, 0.5) is 16.2 Å². The van der Waals surface area contributed by atoms with Gasteiger partial charge in [-0.05, 0) is 47.5 Å². The number of fused-ring (bicyclic) bond motifs is 4. The standard InChI is InChI=1S/C24H24N2O5.C19H15NO3.C6H8O3.C4H4O2.C2H5BO3/c27-22(12-15-31-16-13-24(29)30)25-14-11-23(28)26-17-20-7-2-1-5-18(20)9-10-19-6-3-4-8-21(19)26;21-18(11-12-19(22)23)20-13-16-7-2-1-5-14(16)9-10-15-6-3-4-8-17(15)20;1-2-4-9-5-3-6(7)8;1-2-3-4(5)6;1-6-3-2(4)5/h1-8H,11-17H2,(H,25,27)(H,29,30);1-8H,11-13H2,(H,22,23);1H,3-5H2,(H,7,8);1H,3H2,(H,5,6);3H,1H3,(H,4,5)/i;;;;3D. The second kappa shape index (κ2) is 35.9. The topological polar surface area (TPSA) is 284 Å². The van der Waals surface area contributed by atoms with Crippen molar-refractivity contribution < 1.29 is 78.0 Å². The van der Waals surface area contributed by atoms with Crippen LogP contribution in [0.2, 0.25) is 0 Å². The van der Waals surface area contributed by atoms with Gasteiger partial charge in [-0.1, -0.05) is 96.2 Å². The van der Waals surface area contributed by atoms with Crippen LogP contribution in [0.1, 0.15) is 78.3 Å². The predicted molar refractivity (Wildman–Crippen MR) is 277 cm³/mol. The maximum atomic E-state index is 13.0. The zero-order valence-electron chi connectivity index (χ0n) is 42.0. The fourth-order valence-electron chi connectivity index (χ4n) is 6.20. The molecule has 2 aliphatic heterocycles. The molecule has 390 valence electrons. The van der Waals surface area contributed by atoms with Crippen LogP contribution in [0.5, 0.6) is 0 Å². The van der Waals surface area contributed by atoms with Crippen LogP contribution in [0.25, 0.3) is 0 Å². The summed E-state index contributed by atoms with van der Waals surface area (Å²) in [6, 6.07) is 30.4. The van der Waals surface area contributed by atoms with Crippen molar-refractivity contribution in [3.63, 3.8) is 0 Å². The lowest BCUT2D eigenvalue weighted by molar-refractivity contribution is -0.139. The maximum absolute atomic E-state index is 13.0. The molecule has 0 fully saturated rings. The number of nitrogens with one attached hydrogen (secondary N) is 1. The first-order chi connectivity index (χ1) is 36.4. The van der Waals surface area contributed by atoms with Crippen LogP contribution in [0.3, 0.4) is 0 Å². The van der Waals surface area contributed by atoms with E-state index in [4.69, 9.17) is 38.0 Å². The first kappa shape index (κ1) is 60.1. The van der Waals surface area contributed by atoms with Gasteiger partial charge in [-0.2, -0.15) is 0 Å². The Morgan fingerprint density at radius 2 is 1.00 bits per heavy atom. The number of carbonyl (C=O) groups excluding carboxylic acids is 3. The summed E-state index contributed by atoms with van der Waals surface area (Å²) >= 11 is 0. The van der Waals surface area contributed by atoms with E-state index in [0.717, 1.165) is 44.8 Å². The van der Waals surface area contributed by atoms with Crippen molar-refractivity contribution >= 4 is 66.3 Å². The largest absolute Gasteiger partial charge is 0.487 e. The molecule has 4 aromatic carbocycles. The third-order valence-electron chi connectivity index (χ3n) is 9.61. The van der Waals surface area contributed by atoms with Gasteiger partial charge in [0, 0.05) is 56.5 Å². The molecule has 4 aromatic rings. The van der Waals surface area contributed by atoms with Crippen LogP contribution in [0.15, 0.2) is 97.1 Å². The molecule has 3 amide bonds. The Bertz CT molecular complexity index is 2860. The highest BCUT2D eigenvalue weighted by atomic mass is 16.5. The molecule has 19 nitrogen and oxygen atoms in total. The fourth-order valence-corrected chi connectivity index (χ4v) is 6.20. The molecular formula is C55H56BN3O16. The first-order valence-corrected chi connectivity index (χ1v) is 22.7. The summed E-state index contributed by atoms with van der Waals surface area (Å²) in [7, 11) is -0.258. The van der Waals surface area contributed by atoms with Crippen molar-refractivity contribution in [3.8, 4) is 48.4 Å². The number of amides is 3. The quantitative estimate of drug-likeness (QED) is 0.0410. The number of benzene rings is 4. The number of rotatable bonds is 19. The minimum absolute atomic E-state index is 0.0156. The Kier molecular flexibility index (Phi) is 28.7. The fraction of sp³-hybridized carbons (Fsp3) is 0.273. The third-order valence-corrected chi connectivity index (χ3v) is 9.61. The molecule has 0 saturated heterocycles. The number of carboxylic acids is 4. The number of nitrogens with zero attached hydrogens (tertiary/aromatic N) is 2. The lowest BCUT2D eigenvalue weighted by Crippen LogP contribution is -2.35. The van der Waals surface area contributed by atoms with Crippen molar-refractivity contribution in [2.24, 2.45) is 0 Å². The van der Waals surface area contributed by atoms with E-state index in [-0.39, 0.29) is 95.6 Å². The van der Waals surface area contributed by atoms with E-state index < -0.39 is 37.2 Å². The van der Waals surface area contributed by atoms with Crippen LogP contribution in [0, 0.1) is 48.4 Å². The lowest BCUT2D eigenvalue weighted by Gasteiger charge is -2.26. The van der Waals surface area contributed by atoms with E-state index in [1.165, 1.54) is 7.11 Å². The van der Waals surface area contributed by atoms with Gasteiger partial charge in [-0.25, -0.2) is 0 Å². The molecule has 6 N–H and O–H groups in total. The van der Waals surface area contributed by atoms with Gasteiger partial charge in [0.2, 0.25) is 17.7 Å². The van der Waals surface area contributed by atoms with Crippen LogP contribution >= 0.6 is 0 Å². The molecular weight excluding hydrogens is 969 g/mol. The number of hydrogen-bond donors (Lipinski definition) is 6. The summed E-state index contributed by atoms with van der Waals surface area (Å²) in [4.78, 5) is 90.9. The third kappa shape index (κ3) is 25.7. The SMILES string of the molecule is C#CCC(=O)O.C#CCOCCC(=O)O.O=C(O)CCC(=O)N1Cc2ccccc2C#Cc2ccccc21.O=C(O)CCOCCC(=O)NCCC(=O)N1Cc2ccccc2C#Cc2ccccc21.[2H]B(OC)C(=O)O. The van der Waals surface area contributed by atoms with Gasteiger partial charge < -0.3 is 54.8 Å². The molecule has 75 heavy (non-hydrogen) atoms. The molecule has 0 unspecified atom stereocenters. The molecule has 0 radical (unpaired) electrons. The average molecular weight is 1030 g/mol.